The molecule has 112 valence electrons. The van der Waals surface area contributed by atoms with Crippen LogP contribution in [-0.4, -0.2) is 38.7 Å². The van der Waals surface area contributed by atoms with Gasteiger partial charge in [-0.2, -0.15) is 0 Å². The van der Waals surface area contributed by atoms with Crippen molar-refractivity contribution in [3.63, 3.8) is 0 Å². The summed E-state index contributed by atoms with van der Waals surface area (Å²) >= 11 is 0. The Labute approximate surface area is 120 Å². The van der Waals surface area contributed by atoms with Crippen molar-refractivity contribution in [1.29, 1.82) is 0 Å². The first-order chi connectivity index (χ1) is 9.47. The number of sulfonamides is 1. The van der Waals surface area contributed by atoms with E-state index in [2.05, 4.69) is 15.0 Å². The van der Waals surface area contributed by atoms with E-state index < -0.39 is 15.6 Å². The summed E-state index contributed by atoms with van der Waals surface area (Å²) in [5, 5.41) is 3.04. The fraction of sp³-hybridized carbons (Fsp3) is 0.615. The molecule has 0 spiro atoms. The van der Waals surface area contributed by atoms with E-state index >= 15 is 0 Å². The van der Waals surface area contributed by atoms with E-state index in [0.717, 1.165) is 6.42 Å². The first kappa shape index (κ1) is 15.2. The van der Waals surface area contributed by atoms with Gasteiger partial charge in [-0.25, -0.2) is 18.1 Å². The highest BCUT2D eigenvalue weighted by Gasteiger charge is 2.35. The average Bonchev–Trinajstić information content (AvgIpc) is 2.82. The standard InChI is InChI=1S/C13H21N3O3S/c1-3-7-14-12-11(5-4-8-15-12)20(17,18)16-13(2)6-9-19-10-13/h4-5,8,16H,3,6-7,9-10H2,1-2H3,(H,14,15). The molecule has 1 atom stereocenters. The molecule has 0 aromatic carbocycles. The van der Waals surface area contributed by atoms with Gasteiger partial charge in [-0.1, -0.05) is 6.92 Å². The van der Waals surface area contributed by atoms with Gasteiger partial charge in [-0.3, -0.25) is 0 Å². The number of rotatable bonds is 6. The van der Waals surface area contributed by atoms with Crippen molar-refractivity contribution >= 4 is 15.8 Å². The van der Waals surface area contributed by atoms with E-state index in [9.17, 15) is 8.42 Å². The van der Waals surface area contributed by atoms with Crippen LogP contribution in [0.15, 0.2) is 23.2 Å². The largest absolute Gasteiger partial charge is 0.379 e. The third-order valence-corrected chi connectivity index (χ3v) is 4.87. The maximum absolute atomic E-state index is 12.5. The van der Waals surface area contributed by atoms with Gasteiger partial charge in [-0.05, 0) is 31.9 Å². The Hall–Kier alpha value is -1.18. The Morgan fingerprint density at radius 1 is 1.50 bits per heavy atom. The number of ether oxygens (including phenoxy) is 1. The first-order valence-corrected chi connectivity index (χ1v) is 8.26. The van der Waals surface area contributed by atoms with Crippen LogP contribution in [0, 0.1) is 0 Å². The van der Waals surface area contributed by atoms with Crippen LogP contribution < -0.4 is 10.0 Å². The van der Waals surface area contributed by atoms with Crippen LogP contribution in [0.2, 0.25) is 0 Å². The van der Waals surface area contributed by atoms with E-state index in [0.29, 0.717) is 32.0 Å². The summed E-state index contributed by atoms with van der Waals surface area (Å²) in [6, 6.07) is 3.19. The Kier molecular flexibility index (Phi) is 4.62. The molecule has 1 aromatic rings. The molecular formula is C13H21N3O3S. The molecule has 0 amide bonds. The quantitative estimate of drug-likeness (QED) is 0.829. The van der Waals surface area contributed by atoms with E-state index in [1.165, 1.54) is 0 Å². The SMILES string of the molecule is CCCNc1ncccc1S(=O)(=O)NC1(C)CCOC1. The van der Waals surface area contributed by atoms with Crippen LogP contribution in [0.5, 0.6) is 0 Å². The lowest BCUT2D eigenvalue weighted by Crippen LogP contribution is -2.46. The molecule has 1 aliphatic rings. The topological polar surface area (TPSA) is 80.3 Å². The second kappa shape index (κ2) is 6.07. The van der Waals surface area contributed by atoms with Gasteiger partial charge in [0.15, 0.2) is 0 Å². The molecule has 2 N–H and O–H groups in total. The molecule has 20 heavy (non-hydrogen) atoms. The van der Waals surface area contributed by atoms with Crippen molar-refractivity contribution in [3.8, 4) is 0 Å². The zero-order chi connectivity index (χ0) is 14.6. The number of nitrogens with one attached hydrogen (secondary N) is 2. The van der Waals surface area contributed by atoms with Gasteiger partial charge in [0.1, 0.15) is 10.7 Å². The predicted molar refractivity (Wildman–Crippen MR) is 77.2 cm³/mol. The second-order valence-electron chi connectivity index (χ2n) is 5.25. The minimum Gasteiger partial charge on any atom is -0.379 e. The number of hydrogen-bond donors (Lipinski definition) is 2. The maximum atomic E-state index is 12.5. The van der Waals surface area contributed by atoms with Gasteiger partial charge in [0.05, 0.1) is 12.1 Å². The highest BCUT2D eigenvalue weighted by Crippen LogP contribution is 2.24. The van der Waals surface area contributed by atoms with Gasteiger partial charge < -0.3 is 10.1 Å². The lowest BCUT2D eigenvalue weighted by atomic mass is 10.0. The Bertz CT molecular complexity index is 554. The lowest BCUT2D eigenvalue weighted by molar-refractivity contribution is 0.178. The molecule has 1 aromatic heterocycles. The number of aromatic nitrogens is 1. The van der Waals surface area contributed by atoms with E-state index in [-0.39, 0.29) is 4.90 Å². The zero-order valence-electron chi connectivity index (χ0n) is 11.8. The van der Waals surface area contributed by atoms with Gasteiger partial charge in [-0.15, -0.1) is 0 Å². The van der Waals surface area contributed by atoms with E-state index in [1.807, 2.05) is 13.8 Å². The molecule has 0 aliphatic carbocycles. The fourth-order valence-corrected chi connectivity index (χ4v) is 3.67. The lowest BCUT2D eigenvalue weighted by Gasteiger charge is -2.23. The smallest absolute Gasteiger partial charge is 0.244 e. The third kappa shape index (κ3) is 3.47. The first-order valence-electron chi connectivity index (χ1n) is 6.77. The average molecular weight is 299 g/mol. The van der Waals surface area contributed by atoms with Crippen LogP contribution in [-0.2, 0) is 14.8 Å². The monoisotopic (exact) mass is 299 g/mol. The highest BCUT2D eigenvalue weighted by atomic mass is 32.2. The van der Waals surface area contributed by atoms with Crippen LogP contribution in [0.4, 0.5) is 5.82 Å². The molecule has 7 heteroatoms. The molecule has 0 radical (unpaired) electrons. The molecule has 6 nitrogen and oxygen atoms in total. The number of pyridine rings is 1. The van der Waals surface area contributed by atoms with Crippen LogP contribution in [0.1, 0.15) is 26.7 Å². The van der Waals surface area contributed by atoms with Crippen LogP contribution in [0.3, 0.4) is 0 Å². The zero-order valence-corrected chi connectivity index (χ0v) is 12.7. The van der Waals surface area contributed by atoms with Gasteiger partial charge in [0.2, 0.25) is 10.0 Å². The van der Waals surface area contributed by atoms with Crippen molar-refractivity contribution < 1.29 is 13.2 Å². The highest BCUT2D eigenvalue weighted by molar-refractivity contribution is 7.89. The fourth-order valence-electron chi connectivity index (χ4n) is 2.11. The maximum Gasteiger partial charge on any atom is 0.244 e. The molecule has 1 unspecified atom stereocenters. The molecule has 2 heterocycles. The summed E-state index contributed by atoms with van der Waals surface area (Å²) in [5.74, 6) is 0.393. The number of hydrogen-bond acceptors (Lipinski definition) is 5. The number of anilines is 1. The predicted octanol–water partition coefficient (Wildman–Crippen LogP) is 1.36. The van der Waals surface area contributed by atoms with Gasteiger partial charge in [0.25, 0.3) is 0 Å². The molecule has 0 saturated carbocycles. The molecule has 1 fully saturated rings. The summed E-state index contributed by atoms with van der Waals surface area (Å²) in [5.41, 5.74) is -0.545. The van der Waals surface area contributed by atoms with Crippen molar-refractivity contribution in [3.05, 3.63) is 18.3 Å². The molecule has 1 aliphatic heterocycles. The number of nitrogens with zero attached hydrogens (tertiary/aromatic N) is 1. The summed E-state index contributed by atoms with van der Waals surface area (Å²) in [7, 11) is -3.62. The molecule has 0 bridgehead atoms. The summed E-state index contributed by atoms with van der Waals surface area (Å²) in [4.78, 5) is 4.30. The van der Waals surface area contributed by atoms with Crippen molar-refractivity contribution in [2.24, 2.45) is 0 Å². The molecular weight excluding hydrogens is 278 g/mol. The van der Waals surface area contributed by atoms with Crippen LogP contribution in [0.25, 0.3) is 0 Å². The Morgan fingerprint density at radius 2 is 2.30 bits per heavy atom. The van der Waals surface area contributed by atoms with Crippen molar-refractivity contribution in [2.75, 3.05) is 25.1 Å². The summed E-state index contributed by atoms with van der Waals surface area (Å²) in [6.45, 7) is 5.52. The van der Waals surface area contributed by atoms with E-state index in [1.54, 1.807) is 18.3 Å². The molecule has 2 rings (SSSR count). The summed E-state index contributed by atoms with van der Waals surface area (Å²) < 4.78 is 33.1. The molecule has 1 saturated heterocycles. The Balaban J connectivity index is 2.24. The second-order valence-corrected chi connectivity index (χ2v) is 6.90. The van der Waals surface area contributed by atoms with E-state index in [4.69, 9.17) is 4.74 Å². The minimum atomic E-state index is -3.62. The van der Waals surface area contributed by atoms with Crippen molar-refractivity contribution in [1.82, 2.24) is 9.71 Å². The van der Waals surface area contributed by atoms with Gasteiger partial charge >= 0.3 is 0 Å². The van der Waals surface area contributed by atoms with Crippen molar-refractivity contribution in [2.45, 2.75) is 37.1 Å². The normalized spacial score (nSPS) is 22.9. The summed E-state index contributed by atoms with van der Waals surface area (Å²) in [6.07, 6.45) is 3.15. The third-order valence-electron chi connectivity index (χ3n) is 3.20. The minimum absolute atomic E-state index is 0.182. The van der Waals surface area contributed by atoms with Crippen LogP contribution >= 0.6 is 0 Å². The van der Waals surface area contributed by atoms with Gasteiger partial charge in [0, 0.05) is 19.3 Å². The Morgan fingerprint density at radius 3 is 2.95 bits per heavy atom.